The van der Waals surface area contributed by atoms with Crippen LogP contribution in [0.15, 0.2) is 36.9 Å². The van der Waals surface area contributed by atoms with Gasteiger partial charge in [0, 0.05) is 12.8 Å². The monoisotopic (exact) mass is 286 g/mol. The Labute approximate surface area is 129 Å². The molecule has 0 aliphatic carbocycles. The summed E-state index contributed by atoms with van der Waals surface area (Å²) in [4.78, 5) is 0. The van der Waals surface area contributed by atoms with Crippen molar-refractivity contribution in [2.24, 2.45) is 0 Å². The third kappa shape index (κ3) is 1.81. The summed E-state index contributed by atoms with van der Waals surface area (Å²) in [7, 11) is 4.20. The van der Waals surface area contributed by atoms with Crippen molar-refractivity contribution in [3.63, 3.8) is 0 Å². The molecule has 2 aliphatic heterocycles. The number of ether oxygens (including phenoxy) is 1. The molecule has 2 fully saturated rings. The highest BCUT2D eigenvalue weighted by molar-refractivity contribution is 5.40. The molecule has 0 radical (unpaired) electrons. The number of quaternary nitrogens is 1. The van der Waals surface area contributed by atoms with E-state index in [1.807, 2.05) is 6.07 Å². The number of hydrogen-bond acceptors (Lipinski definition) is 1. The molecule has 2 heterocycles. The normalized spacial score (nSPS) is 37.1. The molecule has 114 valence electrons. The van der Waals surface area contributed by atoms with Gasteiger partial charge in [0.25, 0.3) is 0 Å². The third-order valence-corrected chi connectivity index (χ3v) is 6.24. The second-order valence-electron chi connectivity index (χ2n) is 7.12. The Bertz CT molecular complexity index is 554. The molecular weight excluding hydrogens is 258 g/mol. The zero-order valence-electron chi connectivity index (χ0n) is 13.7. The Kier molecular flexibility index (Phi) is 3.40. The van der Waals surface area contributed by atoms with Crippen LogP contribution in [0.2, 0.25) is 0 Å². The lowest BCUT2D eigenvalue weighted by molar-refractivity contribution is -0.798. The van der Waals surface area contributed by atoms with Gasteiger partial charge < -0.3 is 9.22 Å². The lowest BCUT2D eigenvalue weighted by Gasteiger charge is -2.34. The molecular formula is C19H28NO+. The van der Waals surface area contributed by atoms with Crippen molar-refractivity contribution in [2.75, 3.05) is 27.2 Å². The van der Waals surface area contributed by atoms with Crippen LogP contribution in [0.5, 0.6) is 5.75 Å². The molecule has 0 bridgehead atoms. The number of allylic oxidation sites excluding steroid dienone is 1. The second kappa shape index (κ2) is 4.88. The van der Waals surface area contributed by atoms with Gasteiger partial charge in [0.05, 0.1) is 26.1 Å². The number of likely N-dealkylation sites (N-methyl/N-ethyl adjacent to an activating group) is 1. The van der Waals surface area contributed by atoms with E-state index >= 15 is 0 Å². The van der Waals surface area contributed by atoms with Crippen LogP contribution in [0, 0.1) is 0 Å². The molecule has 2 nitrogen and oxygen atoms in total. The average molecular weight is 286 g/mol. The number of hydrogen-bond donors (Lipinski definition) is 0. The van der Waals surface area contributed by atoms with Crippen molar-refractivity contribution in [1.29, 1.82) is 0 Å². The van der Waals surface area contributed by atoms with Crippen LogP contribution in [-0.2, 0) is 5.41 Å². The van der Waals surface area contributed by atoms with E-state index in [0.717, 1.165) is 12.2 Å². The van der Waals surface area contributed by atoms with Crippen LogP contribution in [-0.4, -0.2) is 37.3 Å². The first-order chi connectivity index (χ1) is 10.1. The topological polar surface area (TPSA) is 9.23 Å². The van der Waals surface area contributed by atoms with Gasteiger partial charge in [0.15, 0.2) is 5.54 Å². The molecule has 1 aromatic rings. The second-order valence-corrected chi connectivity index (χ2v) is 7.12. The van der Waals surface area contributed by atoms with Gasteiger partial charge in [-0.2, -0.15) is 0 Å². The summed E-state index contributed by atoms with van der Waals surface area (Å²) in [6.07, 6.45) is 7.05. The lowest BCUT2D eigenvalue weighted by Crippen LogP contribution is -2.42. The van der Waals surface area contributed by atoms with Gasteiger partial charge in [-0.05, 0) is 30.5 Å². The molecule has 3 rings (SSSR count). The minimum atomic E-state index is 0.244. The Morgan fingerprint density at radius 3 is 2.86 bits per heavy atom. The lowest BCUT2D eigenvalue weighted by atomic mass is 9.65. The minimum Gasteiger partial charge on any atom is -0.497 e. The molecule has 1 aromatic carbocycles. The molecule has 2 heteroatoms. The van der Waals surface area contributed by atoms with Crippen molar-refractivity contribution < 1.29 is 9.22 Å². The fourth-order valence-electron chi connectivity index (χ4n) is 5.17. The predicted molar refractivity (Wildman–Crippen MR) is 87.7 cm³/mol. The van der Waals surface area contributed by atoms with Crippen molar-refractivity contribution in [3.05, 3.63) is 42.5 Å². The fraction of sp³-hybridized carbons (Fsp3) is 0.579. The van der Waals surface area contributed by atoms with E-state index < -0.39 is 0 Å². The first-order valence-electron chi connectivity index (χ1n) is 8.17. The van der Waals surface area contributed by atoms with Crippen LogP contribution in [0.1, 0.15) is 38.2 Å². The van der Waals surface area contributed by atoms with Crippen molar-refractivity contribution >= 4 is 0 Å². The first kappa shape index (κ1) is 14.6. The zero-order chi connectivity index (χ0) is 15.1. The summed E-state index contributed by atoms with van der Waals surface area (Å²) in [5, 5.41) is 0. The Morgan fingerprint density at radius 1 is 1.43 bits per heavy atom. The van der Waals surface area contributed by atoms with Gasteiger partial charge in [0.2, 0.25) is 0 Å². The maximum absolute atomic E-state index is 5.47. The summed E-state index contributed by atoms with van der Waals surface area (Å²) >= 11 is 0. The molecule has 0 amide bonds. The average Bonchev–Trinajstić information content (AvgIpc) is 3.02. The maximum atomic E-state index is 5.47. The molecule has 2 aliphatic rings. The standard InChI is InChI=1S/C19H28NO/c1-5-10-18(16-8-7-9-17(14-16)21-4)12-13-20(3)15-19(18,20)11-6-2/h5,7-9,14H,1,6,10-13,15H2,2-4H3/q+1. The van der Waals surface area contributed by atoms with E-state index in [-0.39, 0.29) is 5.41 Å². The number of nitrogens with zero attached hydrogens (tertiary/aromatic N) is 1. The van der Waals surface area contributed by atoms with Crippen molar-refractivity contribution in [1.82, 2.24) is 0 Å². The van der Waals surface area contributed by atoms with Crippen molar-refractivity contribution in [3.8, 4) is 5.75 Å². The largest absolute Gasteiger partial charge is 0.497 e. The highest BCUT2D eigenvalue weighted by Gasteiger charge is 2.80. The number of methoxy groups -OCH3 is 1. The molecule has 21 heavy (non-hydrogen) atoms. The molecule has 0 aromatic heterocycles. The van der Waals surface area contributed by atoms with Crippen LogP contribution in [0.4, 0.5) is 0 Å². The minimum absolute atomic E-state index is 0.244. The number of fused-ring (bicyclic) bond motifs is 1. The fourth-order valence-corrected chi connectivity index (χ4v) is 5.17. The van der Waals surface area contributed by atoms with Gasteiger partial charge in [-0.3, -0.25) is 0 Å². The summed E-state index contributed by atoms with van der Waals surface area (Å²) in [6.45, 7) is 9.01. The van der Waals surface area contributed by atoms with Gasteiger partial charge in [-0.1, -0.05) is 25.1 Å². The van der Waals surface area contributed by atoms with E-state index in [4.69, 9.17) is 4.74 Å². The molecule has 3 atom stereocenters. The van der Waals surface area contributed by atoms with E-state index in [9.17, 15) is 0 Å². The van der Waals surface area contributed by atoms with E-state index in [0.29, 0.717) is 5.54 Å². The predicted octanol–water partition coefficient (Wildman–Crippen LogP) is 3.91. The Hall–Kier alpha value is -1.28. The molecule has 2 saturated heterocycles. The zero-order valence-corrected chi connectivity index (χ0v) is 13.7. The molecule has 0 saturated carbocycles. The molecule has 3 unspecified atom stereocenters. The van der Waals surface area contributed by atoms with E-state index in [2.05, 4.69) is 44.8 Å². The van der Waals surface area contributed by atoms with Gasteiger partial charge in [-0.25, -0.2) is 0 Å². The van der Waals surface area contributed by atoms with Crippen LogP contribution < -0.4 is 4.74 Å². The summed E-state index contributed by atoms with van der Waals surface area (Å²) in [6, 6.07) is 8.75. The number of piperidine rings is 1. The summed E-state index contributed by atoms with van der Waals surface area (Å²) < 4.78 is 6.73. The highest BCUT2D eigenvalue weighted by Crippen LogP contribution is 2.65. The number of rotatable bonds is 6. The van der Waals surface area contributed by atoms with Crippen molar-refractivity contribution in [2.45, 2.75) is 43.6 Å². The smallest absolute Gasteiger partial charge is 0.159 e. The third-order valence-electron chi connectivity index (χ3n) is 6.24. The van der Waals surface area contributed by atoms with Gasteiger partial charge in [0.1, 0.15) is 12.3 Å². The maximum Gasteiger partial charge on any atom is 0.159 e. The van der Waals surface area contributed by atoms with Crippen LogP contribution >= 0.6 is 0 Å². The number of benzene rings is 1. The van der Waals surface area contributed by atoms with Gasteiger partial charge >= 0.3 is 0 Å². The Balaban J connectivity index is 2.10. The van der Waals surface area contributed by atoms with E-state index in [1.165, 1.54) is 42.4 Å². The molecule has 0 N–H and O–H groups in total. The van der Waals surface area contributed by atoms with E-state index in [1.54, 1.807) is 7.11 Å². The van der Waals surface area contributed by atoms with Gasteiger partial charge in [-0.15, -0.1) is 6.58 Å². The van der Waals surface area contributed by atoms with Crippen LogP contribution in [0.3, 0.4) is 0 Å². The highest BCUT2D eigenvalue weighted by atomic mass is 16.5. The Morgan fingerprint density at radius 2 is 2.24 bits per heavy atom. The quantitative estimate of drug-likeness (QED) is 0.438. The molecule has 0 spiro atoms. The SMILES string of the molecule is C=CCC1(c2cccc(OC)c2)CC[N+]2(C)CC12CCC. The summed E-state index contributed by atoms with van der Waals surface area (Å²) in [5.41, 5.74) is 2.12. The van der Waals surface area contributed by atoms with Crippen LogP contribution in [0.25, 0.3) is 0 Å². The summed E-state index contributed by atoms with van der Waals surface area (Å²) in [5.74, 6) is 0.976. The first-order valence-corrected chi connectivity index (χ1v) is 8.17.